The molecule has 0 unspecified atom stereocenters. The van der Waals surface area contributed by atoms with E-state index in [0.29, 0.717) is 13.1 Å². The van der Waals surface area contributed by atoms with Crippen LogP contribution in [-0.4, -0.2) is 44.7 Å². The van der Waals surface area contributed by atoms with Crippen molar-refractivity contribution in [3.63, 3.8) is 0 Å². The Balaban J connectivity index is 1.91. The molecule has 0 saturated carbocycles. The molecule has 19 heavy (non-hydrogen) atoms. The standard InChI is InChI=1S/C13H19FN2O2S/c1-2-19(17,18)16-8-6-15(7-9-16)11-12-4-3-5-13(14)10-12/h3-5,10H,2,6-9,11H2,1H3/p+1. The predicted octanol–water partition coefficient (Wildman–Crippen LogP) is -0.124. The molecule has 0 aromatic heterocycles. The number of nitrogens with one attached hydrogen (secondary N) is 1. The first-order valence-corrected chi connectivity index (χ1v) is 8.18. The molecule has 0 bridgehead atoms. The largest absolute Gasteiger partial charge is 0.329 e. The molecule has 0 aliphatic carbocycles. The smallest absolute Gasteiger partial charge is 0.214 e. The van der Waals surface area contributed by atoms with E-state index < -0.39 is 10.0 Å². The lowest BCUT2D eigenvalue weighted by molar-refractivity contribution is -0.917. The zero-order chi connectivity index (χ0) is 13.9. The first-order chi connectivity index (χ1) is 9.01. The van der Waals surface area contributed by atoms with Crippen LogP contribution in [0.25, 0.3) is 0 Å². The molecular formula is C13H20FN2O2S+. The van der Waals surface area contributed by atoms with Crippen LogP contribution in [0.5, 0.6) is 0 Å². The van der Waals surface area contributed by atoms with Crippen LogP contribution < -0.4 is 4.90 Å². The molecule has 1 N–H and O–H groups in total. The predicted molar refractivity (Wildman–Crippen MR) is 71.8 cm³/mol. The molecule has 1 aliphatic rings. The topological polar surface area (TPSA) is 41.8 Å². The Morgan fingerprint density at radius 2 is 2.00 bits per heavy atom. The third-order valence-electron chi connectivity index (χ3n) is 3.53. The molecule has 106 valence electrons. The zero-order valence-electron chi connectivity index (χ0n) is 11.1. The maximum absolute atomic E-state index is 13.1. The lowest BCUT2D eigenvalue weighted by atomic mass is 10.2. The lowest BCUT2D eigenvalue weighted by Crippen LogP contribution is -3.13. The zero-order valence-corrected chi connectivity index (χ0v) is 11.9. The van der Waals surface area contributed by atoms with Gasteiger partial charge in [-0.05, 0) is 19.1 Å². The molecule has 1 heterocycles. The highest BCUT2D eigenvalue weighted by Crippen LogP contribution is 2.04. The highest BCUT2D eigenvalue weighted by Gasteiger charge is 2.27. The van der Waals surface area contributed by atoms with Gasteiger partial charge in [-0.1, -0.05) is 12.1 Å². The minimum Gasteiger partial charge on any atom is -0.329 e. The molecule has 0 amide bonds. The van der Waals surface area contributed by atoms with Gasteiger partial charge in [0, 0.05) is 5.56 Å². The molecule has 1 aliphatic heterocycles. The Morgan fingerprint density at radius 1 is 1.32 bits per heavy atom. The lowest BCUT2D eigenvalue weighted by Gasteiger charge is -2.31. The summed E-state index contributed by atoms with van der Waals surface area (Å²) in [6, 6.07) is 6.60. The number of rotatable bonds is 4. The Bertz CT molecular complexity index is 525. The van der Waals surface area contributed by atoms with Crippen LogP contribution in [0, 0.1) is 5.82 Å². The number of hydrogen-bond donors (Lipinski definition) is 1. The van der Waals surface area contributed by atoms with Gasteiger partial charge in [0.25, 0.3) is 0 Å². The summed E-state index contributed by atoms with van der Waals surface area (Å²) in [5, 5.41) is 0. The van der Waals surface area contributed by atoms with E-state index >= 15 is 0 Å². The third-order valence-corrected chi connectivity index (χ3v) is 5.41. The summed E-state index contributed by atoms with van der Waals surface area (Å²) in [6.07, 6.45) is 0. The molecule has 2 rings (SSSR count). The van der Waals surface area contributed by atoms with Gasteiger partial charge in [-0.3, -0.25) is 0 Å². The van der Waals surface area contributed by atoms with Crippen molar-refractivity contribution in [1.82, 2.24) is 4.31 Å². The molecule has 1 fully saturated rings. The first-order valence-electron chi connectivity index (χ1n) is 6.57. The minimum atomic E-state index is -3.06. The van der Waals surface area contributed by atoms with Gasteiger partial charge >= 0.3 is 0 Å². The van der Waals surface area contributed by atoms with Crippen molar-refractivity contribution < 1.29 is 17.7 Å². The Kier molecular flexibility index (Phi) is 4.54. The van der Waals surface area contributed by atoms with E-state index in [4.69, 9.17) is 0 Å². The van der Waals surface area contributed by atoms with Gasteiger partial charge in [0.2, 0.25) is 10.0 Å². The monoisotopic (exact) mass is 287 g/mol. The van der Waals surface area contributed by atoms with Crippen molar-refractivity contribution in [2.45, 2.75) is 13.5 Å². The van der Waals surface area contributed by atoms with Gasteiger partial charge in [-0.2, -0.15) is 4.31 Å². The van der Waals surface area contributed by atoms with E-state index in [-0.39, 0.29) is 11.6 Å². The molecule has 0 atom stereocenters. The number of piperazine rings is 1. The summed E-state index contributed by atoms with van der Waals surface area (Å²) in [5.41, 5.74) is 0.960. The van der Waals surface area contributed by atoms with E-state index in [9.17, 15) is 12.8 Å². The maximum Gasteiger partial charge on any atom is 0.214 e. The summed E-state index contributed by atoms with van der Waals surface area (Å²) in [5.74, 6) is -0.0595. The van der Waals surface area contributed by atoms with Crippen molar-refractivity contribution in [3.05, 3.63) is 35.6 Å². The number of quaternary nitrogens is 1. The van der Waals surface area contributed by atoms with Crippen molar-refractivity contribution in [3.8, 4) is 0 Å². The fraction of sp³-hybridized carbons (Fsp3) is 0.538. The molecule has 1 saturated heterocycles. The van der Waals surface area contributed by atoms with Crippen molar-refractivity contribution >= 4 is 10.0 Å². The normalized spacial score (nSPS) is 18.6. The van der Waals surface area contributed by atoms with Gasteiger partial charge < -0.3 is 4.90 Å². The molecule has 1 aromatic carbocycles. The van der Waals surface area contributed by atoms with E-state index in [2.05, 4.69) is 0 Å². The average Bonchev–Trinajstić information content (AvgIpc) is 2.39. The fourth-order valence-corrected chi connectivity index (χ4v) is 3.48. The SMILES string of the molecule is CCS(=O)(=O)N1CC[NH+](Cc2cccc(F)c2)CC1. The summed E-state index contributed by atoms with van der Waals surface area (Å²) >= 11 is 0. The van der Waals surface area contributed by atoms with Gasteiger partial charge in [0.1, 0.15) is 12.4 Å². The van der Waals surface area contributed by atoms with Crippen LogP contribution >= 0.6 is 0 Å². The third kappa shape index (κ3) is 3.75. The molecular weight excluding hydrogens is 267 g/mol. The maximum atomic E-state index is 13.1. The minimum absolute atomic E-state index is 0.159. The van der Waals surface area contributed by atoms with Crippen LogP contribution in [-0.2, 0) is 16.6 Å². The van der Waals surface area contributed by atoms with E-state index in [1.807, 2.05) is 6.07 Å². The van der Waals surface area contributed by atoms with Crippen molar-refractivity contribution in [2.24, 2.45) is 0 Å². The number of benzene rings is 1. The van der Waals surface area contributed by atoms with Crippen LogP contribution in [0.15, 0.2) is 24.3 Å². The highest BCUT2D eigenvalue weighted by atomic mass is 32.2. The van der Waals surface area contributed by atoms with Crippen LogP contribution in [0.2, 0.25) is 0 Å². The van der Waals surface area contributed by atoms with Crippen LogP contribution in [0.1, 0.15) is 12.5 Å². The Labute approximate surface area is 113 Å². The fourth-order valence-electron chi connectivity index (χ4n) is 2.38. The number of sulfonamides is 1. The van der Waals surface area contributed by atoms with E-state index in [1.54, 1.807) is 23.4 Å². The summed E-state index contributed by atoms with van der Waals surface area (Å²) in [4.78, 5) is 1.30. The van der Waals surface area contributed by atoms with Crippen molar-refractivity contribution in [1.29, 1.82) is 0 Å². The highest BCUT2D eigenvalue weighted by molar-refractivity contribution is 7.89. The van der Waals surface area contributed by atoms with Crippen LogP contribution in [0.3, 0.4) is 0 Å². The summed E-state index contributed by atoms with van der Waals surface area (Å²) < 4.78 is 38.1. The van der Waals surface area contributed by atoms with Crippen LogP contribution in [0.4, 0.5) is 4.39 Å². The Hall–Kier alpha value is -0.980. The first kappa shape index (κ1) is 14.4. The molecule has 0 spiro atoms. The van der Waals surface area contributed by atoms with Gasteiger partial charge in [-0.15, -0.1) is 0 Å². The number of halogens is 1. The molecule has 0 radical (unpaired) electrons. The molecule has 6 heteroatoms. The van der Waals surface area contributed by atoms with Crippen molar-refractivity contribution in [2.75, 3.05) is 31.9 Å². The Morgan fingerprint density at radius 3 is 2.58 bits per heavy atom. The second-order valence-electron chi connectivity index (χ2n) is 4.86. The number of hydrogen-bond acceptors (Lipinski definition) is 2. The van der Waals surface area contributed by atoms with Gasteiger partial charge in [-0.25, -0.2) is 12.8 Å². The second-order valence-corrected chi connectivity index (χ2v) is 7.11. The van der Waals surface area contributed by atoms with E-state index in [0.717, 1.165) is 25.2 Å². The van der Waals surface area contributed by atoms with Gasteiger partial charge in [0.15, 0.2) is 0 Å². The molecule has 1 aromatic rings. The molecule has 4 nitrogen and oxygen atoms in total. The van der Waals surface area contributed by atoms with E-state index in [1.165, 1.54) is 11.0 Å². The summed E-state index contributed by atoms with van der Waals surface area (Å²) in [6.45, 7) is 5.08. The average molecular weight is 287 g/mol. The quantitative estimate of drug-likeness (QED) is 0.839. The summed E-state index contributed by atoms with van der Waals surface area (Å²) in [7, 11) is -3.06. The number of nitrogens with zero attached hydrogens (tertiary/aromatic N) is 1. The van der Waals surface area contributed by atoms with Gasteiger partial charge in [0.05, 0.1) is 31.9 Å². The second kappa shape index (κ2) is 5.98.